The van der Waals surface area contributed by atoms with Crippen molar-refractivity contribution in [3.05, 3.63) is 29.8 Å². The Labute approximate surface area is 89.1 Å². The second kappa shape index (κ2) is 4.31. The van der Waals surface area contributed by atoms with Gasteiger partial charge >= 0.3 is 0 Å². The Balaban J connectivity index is 2.62. The highest BCUT2D eigenvalue weighted by atomic mass is 16.3. The lowest BCUT2D eigenvalue weighted by Crippen LogP contribution is -2.45. The summed E-state index contributed by atoms with van der Waals surface area (Å²) >= 11 is 0. The Bertz CT molecular complexity index is 356. The third-order valence-corrected chi connectivity index (χ3v) is 1.81. The Kier molecular flexibility index (Phi) is 3.31. The summed E-state index contributed by atoms with van der Waals surface area (Å²) < 4.78 is 0. The molecule has 0 radical (unpaired) electrons. The van der Waals surface area contributed by atoms with Crippen LogP contribution in [0.15, 0.2) is 24.3 Å². The van der Waals surface area contributed by atoms with Gasteiger partial charge in [0.2, 0.25) is 0 Å². The van der Waals surface area contributed by atoms with Crippen molar-refractivity contribution in [3.8, 4) is 5.75 Å². The minimum Gasteiger partial charge on any atom is -0.508 e. The summed E-state index contributed by atoms with van der Waals surface area (Å²) in [5.74, 6) is -0.154. The van der Waals surface area contributed by atoms with Crippen molar-refractivity contribution >= 4 is 5.91 Å². The molecule has 0 heterocycles. The third kappa shape index (κ3) is 3.99. The Morgan fingerprint density at radius 3 is 2.73 bits per heavy atom. The van der Waals surface area contributed by atoms with Crippen LogP contribution < -0.4 is 11.1 Å². The fraction of sp³-hybridized carbons (Fsp3) is 0.364. The zero-order valence-corrected chi connectivity index (χ0v) is 8.95. The average molecular weight is 208 g/mol. The number of hydrogen-bond donors (Lipinski definition) is 3. The van der Waals surface area contributed by atoms with E-state index in [9.17, 15) is 9.90 Å². The number of hydrogen-bond acceptors (Lipinski definition) is 3. The topological polar surface area (TPSA) is 75.3 Å². The maximum atomic E-state index is 11.6. The van der Waals surface area contributed by atoms with Gasteiger partial charge in [-0.3, -0.25) is 4.79 Å². The van der Waals surface area contributed by atoms with Gasteiger partial charge in [0.05, 0.1) is 0 Å². The number of phenolic OH excluding ortho intramolecular Hbond substituents is 1. The number of nitrogens with one attached hydrogen (secondary N) is 1. The molecule has 0 fully saturated rings. The van der Waals surface area contributed by atoms with E-state index < -0.39 is 5.54 Å². The minimum absolute atomic E-state index is 0.0784. The van der Waals surface area contributed by atoms with E-state index in [1.54, 1.807) is 12.1 Å². The zero-order chi connectivity index (χ0) is 11.5. The molecule has 4 heteroatoms. The molecule has 0 saturated heterocycles. The maximum Gasteiger partial charge on any atom is 0.251 e. The van der Waals surface area contributed by atoms with E-state index in [4.69, 9.17) is 5.73 Å². The van der Waals surface area contributed by atoms with E-state index in [1.165, 1.54) is 12.1 Å². The van der Waals surface area contributed by atoms with Crippen LogP contribution in [0.1, 0.15) is 24.2 Å². The number of aromatic hydroxyl groups is 1. The molecule has 4 N–H and O–H groups in total. The van der Waals surface area contributed by atoms with Crippen LogP contribution in [0, 0.1) is 0 Å². The fourth-order valence-electron chi connectivity index (χ4n) is 1.06. The van der Waals surface area contributed by atoms with Crippen LogP contribution in [0.3, 0.4) is 0 Å². The van der Waals surface area contributed by atoms with Gasteiger partial charge in [0.25, 0.3) is 5.91 Å². The molecule has 0 bridgehead atoms. The average Bonchev–Trinajstić information content (AvgIpc) is 2.13. The van der Waals surface area contributed by atoms with Gasteiger partial charge in [-0.1, -0.05) is 6.07 Å². The van der Waals surface area contributed by atoms with Gasteiger partial charge in [-0.25, -0.2) is 0 Å². The highest BCUT2D eigenvalue weighted by Crippen LogP contribution is 2.10. The third-order valence-electron chi connectivity index (χ3n) is 1.81. The molecule has 82 valence electrons. The predicted octanol–water partition coefficient (Wildman–Crippen LogP) is 0.859. The summed E-state index contributed by atoms with van der Waals surface area (Å²) in [6.07, 6.45) is 0. The van der Waals surface area contributed by atoms with Crippen LogP contribution in [-0.4, -0.2) is 23.1 Å². The summed E-state index contributed by atoms with van der Waals surface area (Å²) in [4.78, 5) is 11.6. The quantitative estimate of drug-likeness (QED) is 0.689. The van der Waals surface area contributed by atoms with E-state index in [2.05, 4.69) is 5.32 Å². The molecule has 15 heavy (non-hydrogen) atoms. The van der Waals surface area contributed by atoms with Crippen molar-refractivity contribution in [2.75, 3.05) is 6.54 Å². The molecule has 0 atom stereocenters. The van der Waals surface area contributed by atoms with E-state index in [1.807, 2.05) is 13.8 Å². The number of carbonyl (C=O) groups is 1. The molecule has 1 aromatic rings. The largest absolute Gasteiger partial charge is 0.508 e. The molecular formula is C11H16N2O2. The van der Waals surface area contributed by atoms with Crippen molar-refractivity contribution in [2.24, 2.45) is 5.73 Å². The molecule has 0 saturated carbocycles. The predicted molar refractivity (Wildman–Crippen MR) is 58.7 cm³/mol. The molecular weight excluding hydrogens is 192 g/mol. The van der Waals surface area contributed by atoms with Crippen LogP contribution in [-0.2, 0) is 0 Å². The number of nitrogens with two attached hydrogens (primary N) is 1. The summed E-state index contributed by atoms with van der Waals surface area (Å²) in [6.45, 7) is 4.05. The van der Waals surface area contributed by atoms with Crippen LogP contribution in [0.25, 0.3) is 0 Å². The van der Waals surface area contributed by atoms with Crippen molar-refractivity contribution in [2.45, 2.75) is 19.4 Å². The van der Waals surface area contributed by atoms with Crippen LogP contribution >= 0.6 is 0 Å². The van der Waals surface area contributed by atoms with Gasteiger partial charge in [0.15, 0.2) is 0 Å². The Morgan fingerprint density at radius 1 is 1.53 bits per heavy atom. The van der Waals surface area contributed by atoms with E-state index in [0.717, 1.165) is 0 Å². The first-order valence-electron chi connectivity index (χ1n) is 4.74. The molecule has 1 aromatic carbocycles. The van der Waals surface area contributed by atoms with Gasteiger partial charge in [0, 0.05) is 17.6 Å². The lowest BCUT2D eigenvalue weighted by atomic mass is 10.1. The molecule has 0 aliphatic heterocycles. The first kappa shape index (κ1) is 11.5. The number of phenols is 1. The van der Waals surface area contributed by atoms with Crippen molar-refractivity contribution in [3.63, 3.8) is 0 Å². The van der Waals surface area contributed by atoms with Gasteiger partial charge in [-0.05, 0) is 32.0 Å². The highest BCUT2D eigenvalue weighted by molar-refractivity contribution is 5.94. The second-order valence-corrected chi connectivity index (χ2v) is 4.22. The maximum absolute atomic E-state index is 11.6. The normalized spacial score (nSPS) is 11.1. The number of rotatable bonds is 3. The summed E-state index contributed by atoms with van der Waals surface area (Å²) in [7, 11) is 0. The molecule has 0 aliphatic rings. The van der Waals surface area contributed by atoms with Gasteiger partial charge in [-0.15, -0.1) is 0 Å². The smallest absolute Gasteiger partial charge is 0.251 e. The monoisotopic (exact) mass is 208 g/mol. The molecule has 4 nitrogen and oxygen atoms in total. The number of benzene rings is 1. The number of carbonyl (C=O) groups excluding carboxylic acids is 1. The molecule has 0 aromatic heterocycles. The van der Waals surface area contributed by atoms with Crippen molar-refractivity contribution in [1.29, 1.82) is 0 Å². The minimum atomic E-state index is -0.438. The summed E-state index contributed by atoms with van der Waals surface area (Å²) in [5.41, 5.74) is 5.72. The number of amides is 1. The van der Waals surface area contributed by atoms with Gasteiger partial charge < -0.3 is 16.2 Å². The first-order valence-corrected chi connectivity index (χ1v) is 4.74. The van der Waals surface area contributed by atoms with E-state index in [0.29, 0.717) is 12.1 Å². The first-order chi connectivity index (χ1) is 6.88. The van der Waals surface area contributed by atoms with Gasteiger partial charge in [-0.2, -0.15) is 0 Å². The standard InChI is InChI=1S/C11H16N2O2/c1-11(2,12)7-13-10(15)8-4-3-5-9(14)6-8/h3-6,14H,7,12H2,1-2H3,(H,13,15). The Hall–Kier alpha value is -1.55. The van der Waals surface area contributed by atoms with Crippen LogP contribution in [0.5, 0.6) is 5.75 Å². The van der Waals surface area contributed by atoms with E-state index >= 15 is 0 Å². The van der Waals surface area contributed by atoms with Gasteiger partial charge in [0.1, 0.15) is 5.75 Å². The van der Waals surface area contributed by atoms with Crippen molar-refractivity contribution < 1.29 is 9.90 Å². The molecule has 0 aliphatic carbocycles. The van der Waals surface area contributed by atoms with Crippen LogP contribution in [0.4, 0.5) is 0 Å². The Morgan fingerprint density at radius 2 is 2.20 bits per heavy atom. The van der Waals surface area contributed by atoms with E-state index in [-0.39, 0.29) is 11.7 Å². The lowest BCUT2D eigenvalue weighted by Gasteiger charge is -2.18. The SMILES string of the molecule is CC(C)(N)CNC(=O)c1cccc(O)c1. The van der Waals surface area contributed by atoms with Crippen molar-refractivity contribution in [1.82, 2.24) is 5.32 Å². The summed E-state index contributed by atoms with van der Waals surface area (Å²) in [6, 6.07) is 6.19. The summed E-state index contributed by atoms with van der Waals surface area (Å²) in [5, 5.41) is 11.9. The molecule has 0 spiro atoms. The fourth-order valence-corrected chi connectivity index (χ4v) is 1.06. The molecule has 1 amide bonds. The van der Waals surface area contributed by atoms with Crippen LogP contribution in [0.2, 0.25) is 0 Å². The highest BCUT2D eigenvalue weighted by Gasteiger charge is 2.13. The second-order valence-electron chi connectivity index (χ2n) is 4.22. The molecule has 1 rings (SSSR count). The molecule has 0 unspecified atom stereocenters. The lowest BCUT2D eigenvalue weighted by molar-refractivity contribution is 0.0945. The zero-order valence-electron chi connectivity index (χ0n) is 8.95.